The Labute approximate surface area is 138 Å². The van der Waals surface area contributed by atoms with E-state index in [2.05, 4.69) is 20.3 Å². The van der Waals surface area contributed by atoms with E-state index in [1.807, 2.05) is 31.2 Å². The molecule has 0 atom stereocenters. The van der Waals surface area contributed by atoms with Crippen LogP contribution in [0.4, 0.5) is 5.69 Å². The predicted octanol–water partition coefficient (Wildman–Crippen LogP) is 3.61. The van der Waals surface area contributed by atoms with E-state index < -0.39 is 0 Å². The fourth-order valence-electron chi connectivity index (χ4n) is 2.19. The van der Waals surface area contributed by atoms with E-state index in [1.54, 1.807) is 24.7 Å². The molecule has 3 aromatic rings. The first-order chi connectivity index (χ1) is 11.1. The number of halogens is 1. The molecule has 2 heterocycles. The summed E-state index contributed by atoms with van der Waals surface area (Å²) in [7, 11) is 0. The topological polar surface area (TPSA) is 70.7 Å². The van der Waals surface area contributed by atoms with Crippen molar-refractivity contribution in [3.8, 4) is 11.4 Å². The first-order valence-electron chi connectivity index (χ1n) is 7.12. The molecule has 0 saturated heterocycles. The molecular weight excluding hydrogens is 312 g/mol. The van der Waals surface area contributed by atoms with Crippen LogP contribution in [0.1, 0.15) is 11.3 Å². The van der Waals surface area contributed by atoms with Gasteiger partial charge in [-0.05, 0) is 42.8 Å². The van der Waals surface area contributed by atoms with E-state index in [-0.39, 0.29) is 12.3 Å². The molecule has 5 nitrogen and oxygen atoms in total. The lowest BCUT2D eigenvalue weighted by Gasteiger charge is -2.07. The van der Waals surface area contributed by atoms with E-state index in [4.69, 9.17) is 11.6 Å². The van der Waals surface area contributed by atoms with Crippen molar-refractivity contribution in [3.63, 3.8) is 0 Å². The van der Waals surface area contributed by atoms with Crippen LogP contribution in [-0.4, -0.2) is 20.9 Å². The minimum Gasteiger partial charge on any atom is -0.342 e. The highest BCUT2D eigenvalue weighted by molar-refractivity contribution is 6.31. The molecule has 0 spiro atoms. The molecule has 2 aromatic heterocycles. The maximum absolute atomic E-state index is 12.1. The van der Waals surface area contributed by atoms with Crippen molar-refractivity contribution in [2.75, 3.05) is 5.32 Å². The number of rotatable bonds is 4. The predicted molar refractivity (Wildman–Crippen MR) is 90.3 cm³/mol. The van der Waals surface area contributed by atoms with E-state index in [9.17, 15) is 4.79 Å². The molecule has 2 N–H and O–H groups in total. The number of imidazole rings is 1. The number of hydrogen-bond acceptors (Lipinski definition) is 3. The monoisotopic (exact) mass is 326 g/mol. The van der Waals surface area contributed by atoms with Gasteiger partial charge in [0.25, 0.3) is 0 Å². The molecule has 0 radical (unpaired) electrons. The zero-order valence-corrected chi connectivity index (χ0v) is 13.3. The standard InChI is InChI=1S/C17H15ClN4O/c1-11-9-20-17(21-11)12-2-4-14(5-3-12)22-16(23)8-13-10-19-7-6-15(13)18/h2-7,9-10H,8H2,1H3,(H,20,21)(H,22,23). The van der Waals surface area contributed by atoms with Crippen LogP contribution in [0.15, 0.2) is 48.9 Å². The lowest BCUT2D eigenvalue weighted by molar-refractivity contribution is -0.115. The normalized spacial score (nSPS) is 10.5. The van der Waals surface area contributed by atoms with Crippen LogP contribution in [0, 0.1) is 6.92 Å². The number of H-pyrrole nitrogens is 1. The molecule has 0 aliphatic heterocycles. The highest BCUT2D eigenvalue weighted by Crippen LogP contribution is 2.19. The van der Waals surface area contributed by atoms with E-state index in [0.717, 1.165) is 22.8 Å². The van der Waals surface area contributed by atoms with Gasteiger partial charge in [0.2, 0.25) is 5.91 Å². The number of amides is 1. The average molecular weight is 327 g/mol. The second-order valence-electron chi connectivity index (χ2n) is 5.18. The summed E-state index contributed by atoms with van der Waals surface area (Å²) in [4.78, 5) is 23.5. The Kier molecular flexibility index (Phi) is 4.39. The fourth-order valence-corrected chi connectivity index (χ4v) is 2.36. The lowest BCUT2D eigenvalue weighted by Crippen LogP contribution is -2.14. The molecule has 0 fully saturated rings. The molecule has 0 aliphatic rings. The van der Waals surface area contributed by atoms with Crippen molar-refractivity contribution in [2.45, 2.75) is 13.3 Å². The second-order valence-corrected chi connectivity index (χ2v) is 5.59. The summed E-state index contributed by atoms with van der Waals surface area (Å²) < 4.78 is 0. The van der Waals surface area contributed by atoms with Gasteiger partial charge in [0.1, 0.15) is 5.82 Å². The minimum atomic E-state index is -0.138. The number of aromatic nitrogens is 3. The quantitative estimate of drug-likeness (QED) is 0.769. The Balaban J connectivity index is 1.66. The zero-order valence-electron chi connectivity index (χ0n) is 12.5. The Morgan fingerprint density at radius 3 is 2.65 bits per heavy atom. The van der Waals surface area contributed by atoms with Crippen LogP contribution >= 0.6 is 11.6 Å². The molecule has 3 rings (SSSR count). The van der Waals surface area contributed by atoms with Gasteiger partial charge in [-0.15, -0.1) is 0 Å². The largest absolute Gasteiger partial charge is 0.342 e. The molecular formula is C17H15ClN4O. The van der Waals surface area contributed by atoms with Crippen LogP contribution in [0.2, 0.25) is 5.02 Å². The van der Waals surface area contributed by atoms with E-state index in [0.29, 0.717) is 10.6 Å². The van der Waals surface area contributed by atoms with Gasteiger partial charge >= 0.3 is 0 Å². The molecule has 1 amide bonds. The Morgan fingerprint density at radius 1 is 1.22 bits per heavy atom. The first kappa shape index (κ1) is 15.2. The van der Waals surface area contributed by atoms with Crippen LogP contribution in [0.5, 0.6) is 0 Å². The molecule has 0 saturated carbocycles. The van der Waals surface area contributed by atoms with Crippen LogP contribution in [0.3, 0.4) is 0 Å². The van der Waals surface area contributed by atoms with Crippen molar-refractivity contribution in [3.05, 3.63) is 65.2 Å². The number of aryl methyl sites for hydroxylation is 1. The number of pyridine rings is 1. The third-order valence-electron chi connectivity index (χ3n) is 3.34. The number of anilines is 1. The van der Waals surface area contributed by atoms with Crippen molar-refractivity contribution in [1.82, 2.24) is 15.0 Å². The molecule has 116 valence electrons. The summed E-state index contributed by atoms with van der Waals surface area (Å²) in [5.41, 5.74) is 3.40. The fraction of sp³-hybridized carbons (Fsp3) is 0.118. The van der Waals surface area contributed by atoms with Crippen molar-refractivity contribution < 1.29 is 4.79 Å². The Morgan fingerprint density at radius 2 is 2.00 bits per heavy atom. The first-order valence-corrected chi connectivity index (χ1v) is 7.50. The maximum atomic E-state index is 12.1. The molecule has 0 unspecified atom stereocenters. The van der Waals surface area contributed by atoms with Gasteiger partial charge in [0, 0.05) is 40.6 Å². The van der Waals surface area contributed by atoms with E-state index in [1.165, 1.54) is 0 Å². The summed E-state index contributed by atoms with van der Waals surface area (Å²) in [6.45, 7) is 1.95. The third-order valence-corrected chi connectivity index (χ3v) is 3.71. The van der Waals surface area contributed by atoms with Gasteiger partial charge in [-0.2, -0.15) is 0 Å². The summed E-state index contributed by atoms with van der Waals surface area (Å²) in [6.07, 6.45) is 5.16. The Bertz CT molecular complexity index is 827. The number of benzene rings is 1. The number of aromatic amines is 1. The highest BCUT2D eigenvalue weighted by atomic mass is 35.5. The second kappa shape index (κ2) is 6.62. The SMILES string of the molecule is Cc1cnc(-c2ccc(NC(=O)Cc3cnccc3Cl)cc2)[nH]1. The molecule has 0 bridgehead atoms. The van der Waals surface area contributed by atoms with Gasteiger partial charge in [0.15, 0.2) is 0 Å². The molecule has 23 heavy (non-hydrogen) atoms. The molecule has 6 heteroatoms. The summed E-state index contributed by atoms with van der Waals surface area (Å²) >= 11 is 6.03. The van der Waals surface area contributed by atoms with Gasteiger partial charge in [-0.1, -0.05) is 11.6 Å². The van der Waals surface area contributed by atoms with Gasteiger partial charge < -0.3 is 10.3 Å². The van der Waals surface area contributed by atoms with Crippen molar-refractivity contribution in [2.24, 2.45) is 0 Å². The molecule has 0 aliphatic carbocycles. The van der Waals surface area contributed by atoms with Crippen LogP contribution in [-0.2, 0) is 11.2 Å². The minimum absolute atomic E-state index is 0.138. The van der Waals surface area contributed by atoms with Crippen LogP contribution in [0.25, 0.3) is 11.4 Å². The highest BCUT2D eigenvalue weighted by Gasteiger charge is 2.08. The lowest BCUT2D eigenvalue weighted by atomic mass is 10.1. The average Bonchev–Trinajstić information content (AvgIpc) is 2.97. The number of carbonyl (C=O) groups is 1. The maximum Gasteiger partial charge on any atom is 0.228 e. The smallest absolute Gasteiger partial charge is 0.228 e. The summed E-state index contributed by atoms with van der Waals surface area (Å²) in [5, 5.41) is 3.39. The zero-order chi connectivity index (χ0) is 16.2. The number of nitrogens with zero attached hydrogens (tertiary/aromatic N) is 2. The number of nitrogens with one attached hydrogen (secondary N) is 2. The van der Waals surface area contributed by atoms with Gasteiger partial charge in [-0.25, -0.2) is 4.98 Å². The Hall–Kier alpha value is -2.66. The van der Waals surface area contributed by atoms with Crippen molar-refractivity contribution >= 4 is 23.2 Å². The van der Waals surface area contributed by atoms with Crippen molar-refractivity contribution in [1.29, 1.82) is 0 Å². The van der Waals surface area contributed by atoms with Gasteiger partial charge in [-0.3, -0.25) is 9.78 Å². The van der Waals surface area contributed by atoms with Gasteiger partial charge in [0.05, 0.1) is 6.42 Å². The number of carbonyl (C=O) groups excluding carboxylic acids is 1. The number of hydrogen-bond donors (Lipinski definition) is 2. The van der Waals surface area contributed by atoms with E-state index >= 15 is 0 Å². The van der Waals surface area contributed by atoms with Crippen LogP contribution < -0.4 is 5.32 Å². The summed E-state index contributed by atoms with van der Waals surface area (Å²) in [5.74, 6) is 0.670. The summed E-state index contributed by atoms with van der Waals surface area (Å²) in [6, 6.07) is 9.17. The third kappa shape index (κ3) is 3.76. The molecule has 1 aromatic carbocycles.